The first-order valence-electron chi connectivity index (χ1n) is 5.37. The predicted molar refractivity (Wildman–Crippen MR) is 62.2 cm³/mol. The Balaban J connectivity index is 2.27. The van der Waals surface area contributed by atoms with E-state index in [1.54, 1.807) is 0 Å². The van der Waals surface area contributed by atoms with Gasteiger partial charge in [-0.05, 0) is 13.8 Å². The van der Waals surface area contributed by atoms with Crippen LogP contribution in [0.5, 0.6) is 0 Å². The number of hydrogen-bond acceptors (Lipinski definition) is 6. The van der Waals surface area contributed by atoms with Gasteiger partial charge in [0.05, 0.1) is 19.3 Å². The van der Waals surface area contributed by atoms with E-state index in [0.29, 0.717) is 17.7 Å². The van der Waals surface area contributed by atoms with E-state index in [0.717, 1.165) is 25.6 Å². The first-order chi connectivity index (χ1) is 7.70. The third kappa shape index (κ3) is 2.23. The molecule has 1 atom stereocenters. The van der Waals surface area contributed by atoms with Gasteiger partial charge in [-0.1, -0.05) is 0 Å². The Labute approximate surface area is 94.8 Å². The van der Waals surface area contributed by atoms with Crippen LogP contribution in [0.15, 0.2) is 6.07 Å². The lowest BCUT2D eigenvalue weighted by Gasteiger charge is -2.34. The van der Waals surface area contributed by atoms with Gasteiger partial charge in [-0.25, -0.2) is 15.8 Å². The lowest BCUT2D eigenvalue weighted by molar-refractivity contribution is 0.0985. The molecule has 0 saturated carbocycles. The first kappa shape index (κ1) is 11.1. The van der Waals surface area contributed by atoms with Crippen LogP contribution >= 0.6 is 0 Å². The summed E-state index contributed by atoms with van der Waals surface area (Å²) in [6.45, 7) is 6.29. The molecule has 2 heterocycles. The maximum Gasteiger partial charge on any atom is 0.145 e. The summed E-state index contributed by atoms with van der Waals surface area (Å²) in [4.78, 5) is 10.8. The minimum Gasteiger partial charge on any atom is -0.377 e. The van der Waals surface area contributed by atoms with E-state index in [9.17, 15) is 0 Å². The van der Waals surface area contributed by atoms with Crippen LogP contribution in [0.2, 0.25) is 0 Å². The number of ether oxygens (including phenoxy) is 1. The van der Waals surface area contributed by atoms with Crippen molar-refractivity contribution in [3.8, 4) is 0 Å². The molecule has 0 aliphatic carbocycles. The molecule has 1 aromatic rings. The van der Waals surface area contributed by atoms with Crippen LogP contribution < -0.4 is 16.2 Å². The number of nitrogens with one attached hydrogen (secondary N) is 1. The monoisotopic (exact) mass is 223 g/mol. The molecule has 2 rings (SSSR count). The van der Waals surface area contributed by atoms with Crippen LogP contribution in [0, 0.1) is 6.92 Å². The molecule has 0 bridgehead atoms. The Bertz CT molecular complexity index is 370. The second kappa shape index (κ2) is 4.63. The van der Waals surface area contributed by atoms with Crippen LogP contribution in [0.4, 0.5) is 11.6 Å². The number of aryl methyl sites for hydroxylation is 1. The highest BCUT2D eigenvalue weighted by molar-refractivity contribution is 5.49. The Kier molecular flexibility index (Phi) is 3.21. The van der Waals surface area contributed by atoms with Gasteiger partial charge in [0.1, 0.15) is 17.5 Å². The molecule has 1 aromatic heterocycles. The molecule has 0 aromatic carbocycles. The van der Waals surface area contributed by atoms with Gasteiger partial charge in [0, 0.05) is 12.6 Å². The van der Waals surface area contributed by atoms with E-state index in [1.165, 1.54) is 0 Å². The number of nitrogen functional groups attached to an aromatic ring is 1. The minimum absolute atomic E-state index is 0.327. The third-order valence-electron chi connectivity index (χ3n) is 2.63. The second-order valence-corrected chi connectivity index (χ2v) is 3.92. The SMILES string of the molecule is Cc1nc(NN)cc(N2CCOCC2C)n1. The molecule has 1 saturated heterocycles. The summed E-state index contributed by atoms with van der Waals surface area (Å²) in [6, 6.07) is 2.18. The maximum absolute atomic E-state index is 5.39. The molecule has 1 fully saturated rings. The van der Waals surface area contributed by atoms with E-state index in [2.05, 4.69) is 27.2 Å². The van der Waals surface area contributed by atoms with Crippen molar-refractivity contribution >= 4 is 11.6 Å². The van der Waals surface area contributed by atoms with Gasteiger partial charge in [0.2, 0.25) is 0 Å². The summed E-state index contributed by atoms with van der Waals surface area (Å²) in [5.74, 6) is 7.62. The summed E-state index contributed by atoms with van der Waals surface area (Å²) >= 11 is 0. The van der Waals surface area contributed by atoms with Crippen molar-refractivity contribution in [1.82, 2.24) is 9.97 Å². The fourth-order valence-corrected chi connectivity index (χ4v) is 1.84. The molecule has 3 N–H and O–H groups in total. The van der Waals surface area contributed by atoms with Crippen molar-refractivity contribution in [2.75, 3.05) is 30.1 Å². The van der Waals surface area contributed by atoms with Crippen molar-refractivity contribution in [3.05, 3.63) is 11.9 Å². The minimum atomic E-state index is 0.327. The smallest absolute Gasteiger partial charge is 0.145 e. The average molecular weight is 223 g/mol. The Morgan fingerprint density at radius 1 is 1.56 bits per heavy atom. The topological polar surface area (TPSA) is 76.3 Å². The zero-order chi connectivity index (χ0) is 11.5. The molecule has 88 valence electrons. The van der Waals surface area contributed by atoms with Crippen LogP contribution in [0.3, 0.4) is 0 Å². The van der Waals surface area contributed by atoms with Gasteiger partial charge in [0.15, 0.2) is 0 Å². The fourth-order valence-electron chi connectivity index (χ4n) is 1.84. The molecular formula is C10H17N5O. The lowest BCUT2D eigenvalue weighted by atomic mass is 10.2. The van der Waals surface area contributed by atoms with E-state index < -0.39 is 0 Å². The molecule has 6 heteroatoms. The number of aromatic nitrogens is 2. The number of morpholine rings is 1. The van der Waals surface area contributed by atoms with Gasteiger partial charge in [-0.15, -0.1) is 0 Å². The average Bonchev–Trinajstić information content (AvgIpc) is 2.28. The van der Waals surface area contributed by atoms with Gasteiger partial charge in [-0.3, -0.25) is 0 Å². The molecule has 16 heavy (non-hydrogen) atoms. The molecule has 0 spiro atoms. The third-order valence-corrected chi connectivity index (χ3v) is 2.63. The fraction of sp³-hybridized carbons (Fsp3) is 0.600. The number of nitrogens with zero attached hydrogens (tertiary/aromatic N) is 3. The summed E-state index contributed by atoms with van der Waals surface area (Å²) in [5.41, 5.74) is 2.55. The standard InChI is InChI=1S/C10H17N5O/c1-7-6-16-4-3-15(7)10-5-9(14-11)12-8(2)13-10/h5,7H,3-4,6,11H2,1-2H3,(H,12,13,14). The van der Waals surface area contributed by atoms with Gasteiger partial charge < -0.3 is 15.1 Å². The van der Waals surface area contributed by atoms with Crippen LogP contribution in [-0.2, 0) is 4.74 Å². The largest absolute Gasteiger partial charge is 0.377 e. The molecular weight excluding hydrogens is 206 g/mol. The Morgan fingerprint density at radius 3 is 3.06 bits per heavy atom. The van der Waals surface area contributed by atoms with Crippen LogP contribution in [-0.4, -0.2) is 35.8 Å². The summed E-state index contributed by atoms with van der Waals surface area (Å²) in [5, 5.41) is 0. The van der Waals surface area contributed by atoms with Crippen molar-refractivity contribution in [2.24, 2.45) is 5.84 Å². The molecule has 1 aliphatic heterocycles. The predicted octanol–water partition coefficient (Wildman–Crippen LogP) is 0.296. The summed E-state index contributed by atoms with van der Waals surface area (Å²) in [7, 11) is 0. The zero-order valence-electron chi connectivity index (χ0n) is 9.60. The van der Waals surface area contributed by atoms with Gasteiger partial charge in [-0.2, -0.15) is 0 Å². The number of hydrazine groups is 1. The zero-order valence-corrected chi connectivity index (χ0v) is 9.60. The van der Waals surface area contributed by atoms with E-state index in [-0.39, 0.29) is 0 Å². The quantitative estimate of drug-likeness (QED) is 0.554. The van der Waals surface area contributed by atoms with Crippen LogP contribution in [0.25, 0.3) is 0 Å². The van der Waals surface area contributed by atoms with E-state index >= 15 is 0 Å². The van der Waals surface area contributed by atoms with Crippen LogP contribution in [0.1, 0.15) is 12.7 Å². The molecule has 1 unspecified atom stereocenters. The normalized spacial score (nSPS) is 20.9. The lowest BCUT2D eigenvalue weighted by Crippen LogP contribution is -2.44. The highest BCUT2D eigenvalue weighted by Gasteiger charge is 2.20. The highest BCUT2D eigenvalue weighted by Crippen LogP contribution is 2.19. The van der Waals surface area contributed by atoms with E-state index in [1.807, 2.05) is 13.0 Å². The van der Waals surface area contributed by atoms with Crippen molar-refractivity contribution in [1.29, 1.82) is 0 Å². The summed E-state index contributed by atoms with van der Waals surface area (Å²) in [6.07, 6.45) is 0. The van der Waals surface area contributed by atoms with Crippen molar-refractivity contribution < 1.29 is 4.74 Å². The van der Waals surface area contributed by atoms with Gasteiger partial charge in [0.25, 0.3) is 0 Å². The Hall–Kier alpha value is -1.40. The van der Waals surface area contributed by atoms with Crippen molar-refractivity contribution in [2.45, 2.75) is 19.9 Å². The molecule has 6 nitrogen and oxygen atoms in total. The number of anilines is 2. The first-order valence-corrected chi connectivity index (χ1v) is 5.37. The van der Waals surface area contributed by atoms with Gasteiger partial charge >= 0.3 is 0 Å². The molecule has 0 amide bonds. The number of nitrogens with two attached hydrogens (primary N) is 1. The second-order valence-electron chi connectivity index (χ2n) is 3.92. The molecule has 1 aliphatic rings. The number of rotatable bonds is 2. The van der Waals surface area contributed by atoms with Crippen molar-refractivity contribution in [3.63, 3.8) is 0 Å². The Morgan fingerprint density at radius 2 is 2.38 bits per heavy atom. The number of hydrogen-bond donors (Lipinski definition) is 2. The summed E-state index contributed by atoms with van der Waals surface area (Å²) < 4.78 is 5.39. The van der Waals surface area contributed by atoms with E-state index in [4.69, 9.17) is 10.6 Å². The maximum atomic E-state index is 5.39. The highest BCUT2D eigenvalue weighted by atomic mass is 16.5. The molecule has 0 radical (unpaired) electrons.